The highest BCUT2D eigenvalue weighted by molar-refractivity contribution is 8.07. The Morgan fingerprint density at radius 1 is 1.35 bits per heavy atom. The van der Waals surface area contributed by atoms with Crippen molar-refractivity contribution in [2.75, 3.05) is 24.7 Å². The van der Waals surface area contributed by atoms with Crippen LogP contribution in [0.15, 0.2) is 18.2 Å². The number of hydrogen-bond donors (Lipinski definition) is 1. The number of ether oxygens (including phenoxy) is 1. The molecule has 0 radical (unpaired) electrons. The lowest BCUT2D eigenvalue weighted by molar-refractivity contribution is 0.347. The Bertz CT molecular complexity index is 466. The summed E-state index contributed by atoms with van der Waals surface area (Å²) in [5.41, 5.74) is 2.75. The Hall–Kier alpha value is -0.320. The van der Waals surface area contributed by atoms with E-state index in [4.69, 9.17) is 4.74 Å². The van der Waals surface area contributed by atoms with E-state index in [1.165, 1.54) is 22.6 Å². The maximum Gasteiger partial charge on any atom is 0.127 e. The van der Waals surface area contributed by atoms with Gasteiger partial charge in [0.15, 0.2) is 0 Å². The maximum absolute atomic E-state index is 5.93. The van der Waals surface area contributed by atoms with Crippen LogP contribution in [0.3, 0.4) is 0 Å². The molecule has 2 heterocycles. The van der Waals surface area contributed by atoms with Crippen molar-refractivity contribution in [2.24, 2.45) is 0 Å². The average molecular weight is 309 g/mol. The number of hydrogen-bond acceptors (Lipinski definition) is 4. The van der Waals surface area contributed by atoms with E-state index in [0.717, 1.165) is 25.3 Å². The molecule has 1 aromatic carbocycles. The lowest BCUT2D eigenvalue weighted by Gasteiger charge is -2.35. The molecule has 3 rings (SSSR count). The predicted molar refractivity (Wildman–Crippen MR) is 90.2 cm³/mol. The first kappa shape index (κ1) is 14.6. The van der Waals surface area contributed by atoms with Gasteiger partial charge in [-0.2, -0.15) is 23.5 Å². The van der Waals surface area contributed by atoms with Crippen LogP contribution in [0.5, 0.6) is 5.75 Å². The van der Waals surface area contributed by atoms with Crippen molar-refractivity contribution in [1.29, 1.82) is 0 Å². The smallest absolute Gasteiger partial charge is 0.127 e. The molecular formula is C16H23NOS2. The summed E-state index contributed by atoms with van der Waals surface area (Å²) in [5.74, 6) is 3.70. The van der Waals surface area contributed by atoms with Crippen LogP contribution >= 0.6 is 23.5 Å². The van der Waals surface area contributed by atoms with Gasteiger partial charge in [-0.15, -0.1) is 0 Å². The molecule has 0 amide bonds. The molecule has 1 aromatic rings. The Morgan fingerprint density at radius 3 is 3.00 bits per heavy atom. The highest BCUT2D eigenvalue weighted by Crippen LogP contribution is 2.42. The third-order valence-corrected chi connectivity index (χ3v) is 7.26. The van der Waals surface area contributed by atoms with Crippen molar-refractivity contribution in [3.05, 3.63) is 29.3 Å². The molecule has 2 aliphatic rings. The van der Waals surface area contributed by atoms with Gasteiger partial charge in [-0.05, 0) is 12.1 Å². The third kappa shape index (κ3) is 2.83. The summed E-state index contributed by atoms with van der Waals surface area (Å²) in [5, 5.41) is 5.03. The number of rotatable bonds is 4. The molecule has 0 aromatic heterocycles. The summed E-state index contributed by atoms with van der Waals surface area (Å²) >= 11 is 4.23. The number of nitrogens with one attached hydrogen (secondary N) is 1. The van der Waals surface area contributed by atoms with Gasteiger partial charge in [0.2, 0.25) is 0 Å². The van der Waals surface area contributed by atoms with E-state index in [0.29, 0.717) is 16.5 Å². The normalized spacial score (nSPS) is 26.9. The van der Waals surface area contributed by atoms with Crippen molar-refractivity contribution in [3.63, 3.8) is 0 Å². The second kappa shape index (κ2) is 6.63. The highest BCUT2D eigenvalue weighted by atomic mass is 32.2. The van der Waals surface area contributed by atoms with Crippen LogP contribution in [0.2, 0.25) is 0 Å². The highest BCUT2D eigenvalue weighted by Gasteiger charge is 2.33. The molecule has 4 heteroatoms. The van der Waals surface area contributed by atoms with Gasteiger partial charge in [0.1, 0.15) is 5.75 Å². The van der Waals surface area contributed by atoms with Crippen molar-refractivity contribution in [3.8, 4) is 5.75 Å². The standard InChI is InChI=1S/C16H23NOS2/c1-3-17-14(16-11(2)19-9-10-20-16)13-6-4-5-12-7-8-18-15(12)13/h4-6,11,14,16-17H,3,7-10H2,1-2H3. The zero-order valence-electron chi connectivity index (χ0n) is 12.2. The van der Waals surface area contributed by atoms with Crippen LogP contribution in [-0.4, -0.2) is 35.2 Å². The van der Waals surface area contributed by atoms with Gasteiger partial charge in [-0.1, -0.05) is 32.0 Å². The summed E-state index contributed by atoms with van der Waals surface area (Å²) in [7, 11) is 0. The SMILES string of the molecule is CCNC(c1cccc2c1OCC2)C1SCCSC1C. The first-order valence-electron chi connectivity index (χ1n) is 7.52. The summed E-state index contributed by atoms with van der Waals surface area (Å²) < 4.78 is 5.93. The first-order chi connectivity index (χ1) is 9.81. The zero-order chi connectivity index (χ0) is 13.9. The van der Waals surface area contributed by atoms with Crippen LogP contribution in [0.25, 0.3) is 0 Å². The summed E-state index contributed by atoms with van der Waals surface area (Å²) in [6.45, 7) is 6.41. The molecule has 3 unspecified atom stereocenters. The van der Waals surface area contributed by atoms with Gasteiger partial charge in [-0.25, -0.2) is 0 Å². The van der Waals surface area contributed by atoms with Crippen LogP contribution in [-0.2, 0) is 6.42 Å². The maximum atomic E-state index is 5.93. The van der Waals surface area contributed by atoms with Gasteiger partial charge in [0, 0.05) is 40.0 Å². The van der Waals surface area contributed by atoms with Crippen LogP contribution in [0.4, 0.5) is 0 Å². The van der Waals surface area contributed by atoms with E-state index in [2.05, 4.69) is 60.9 Å². The van der Waals surface area contributed by atoms with Crippen LogP contribution in [0, 0.1) is 0 Å². The van der Waals surface area contributed by atoms with Gasteiger partial charge >= 0.3 is 0 Å². The van der Waals surface area contributed by atoms with Crippen molar-refractivity contribution in [2.45, 2.75) is 36.8 Å². The number of benzene rings is 1. The van der Waals surface area contributed by atoms with Gasteiger partial charge in [0.05, 0.1) is 6.61 Å². The fraction of sp³-hybridized carbons (Fsp3) is 0.625. The monoisotopic (exact) mass is 309 g/mol. The van der Waals surface area contributed by atoms with Gasteiger partial charge in [-0.3, -0.25) is 0 Å². The molecule has 1 fully saturated rings. The average Bonchev–Trinajstić information content (AvgIpc) is 2.94. The minimum Gasteiger partial charge on any atom is -0.493 e. The van der Waals surface area contributed by atoms with E-state index in [9.17, 15) is 0 Å². The summed E-state index contributed by atoms with van der Waals surface area (Å²) in [6, 6.07) is 7.06. The summed E-state index contributed by atoms with van der Waals surface area (Å²) in [6.07, 6.45) is 1.06. The van der Waals surface area contributed by atoms with E-state index in [1.807, 2.05) is 0 Å². The van der Waals surface area contributed by atoms with E-state index >= 15 is 0 Å². The van der Waals surface area contributed by atoms with Crippen LogP contribution < -0.4 is 10.1 Å². The lowest BCUT2D eigenvalue weighted by Crippen LogP contribution is -2.37. The Morgan fingerprint density at radius 2 is 2.20 bits per heavy atom. The fourth-order valence-electron chi connectivity index (χ4n) is 3.12. The number of fused-ring (bicyclic) bond motifs is 1. The quantitative estimate of drug-likeness (QED) is 0.918. The minimum atomic E-state index is 0.404. The molecule has 20 heavy (non-hydrogen) atoms. The largest absolute Gasteiger partial charge is 0.493 e. The molecule has 1 saturated heterocycles. The lowest BCUT2D eigenvalue weighted by atomic mass is 9.98. The Kier molecular flexibility index (Phi) is 4.84. The molecule has 3 atom stereocenters. The minimum absolute atomic E-state index is 0.404. The van der Waals surface area contributed by atoms with Crippen LogP contribution in [0.1, 0.15) is 31.0 Å². The Labute approximate surface area is 130 Å². The summed E-state index contributed by atoms with van der Waals surface area (Å²) in [4.78, 5) is 0. The predicted octanol–water partition coefficient (Wildman–Crippen LogP) is 3.51. The number of para-hydroxylation sites is 1. The van der Waals surface area contributed by atoms with E-state index < -0.39 is 0 Å². The van der Waals surface area contributed by atoms with Gasteiger partial charge < -0.3 is 10.1 Å². The van der Waals surface area contributed by atoms with Crippen molar-refractivity contribution in [1.82, 2.24) is 5.32 Å². The molecule has 110 valence electrons. The van der Waals surface area contributed by atoms with Crippen molar-refractivity contribution >= 4 is 23.5 Å². The van der Waals surface area contributed by atoms with E-state index in [-0.39, 0.29) is 0 Å². The third-order valence-electron chi connectivity index (χ3n) is 4.07. The second-order valence-electron chi connectivity index (χ2n) is 5.38. The molecule has 0 spiro atoms. The molecule has 1 N–H and O–H groups in total. The number of thioether (sulfide) groups is 2. The molecule has 2 aliphatic heterocycles. The van der Waals surface area contributed by atoms with Crippen molar-refractivity contribution < 1.29 is 4.74 Å². The molecule has 0 bridgehead atoms. The van der Waals surface area contributed by atoms with Gasteiger partial charge in [0.25, 0.3) is 0 Å². The Balaban J connectivity index is 1.92. The first-order valence-corrected chi connectivity index (χ1v) is 9.62. The molecule has 0 saturated carbocycles. The molecular weight excluding hydrogens is 286 g/mol. The zero-order valence-corrected chi connectivity index (χ0v) is 13.9. The fourth-order valence-corrected chi connectivity index (χ4v) is 6.06. The molecule has 0 aliphatic carbocycles. The topological polar surface area (TPSA) is 21.3 Å². The second-order valence-corrected chi connectivity index (χ2v) is 8.15. The molecule has 2 nitrogen and oxygen atoms in total. The van der Waals surface area contributed by atoms with E-state index in [1.54, 1.807) is 0 Å².